The van der Waals surface area contributed by atoms with Crippen LogP contribution in [0.3, 0.4) is 0 Å². The smallest absolute Gasteiger partial charge is 0.342 e. The van der Waals surface area contributed by atoms with Crippen LogP contribution in [0.2, 0.25) is 0 Å². The number of rotatable bonds is 3. The number of hydrogen-bond acceptors (Lipinski definition) is 6. The van der Waals surface area contributed by atoms with Crippen LogP contribution in [0.4, 0.5) is 0 Å². The Labute approximate surface area is 122 Å². The molecule has 110 valence electrons. The monoisotopic (exact) mass is 299 g/mol. The van der Waals surface area contributed by atoms with Crippen molar-refractivity contribution in [3.05, 3.63) is 52.7 Å². The van der Waals surface area contributed by atoms with Gasteiger partial charge in [-0.2, -0.15) is 0 Å². The van der Waals surface area contributed by atoms with E-state index in [9.17, 15) is 14.7 Å². The molecule has 0 radical (unpaired) electrons. The number of aromatic carboxylic acids is 1. The number of phenols is 1. The van der Waals surface area contributed by atoms with Crippen LogP contribution in [-0.2, 0) is 0 Å². The number of H-pyrrole nitrogens is 1. The molecule has 2 aromatic heterocycles. The molecule has 0 amide bonds. The van der Waals surface area contributed by atoms with E-state index >= 15 is 0 Å². The van der Waals surface area contributed by atoms with Gasteiger partial charge < -0.3 is 15.2 Å². The largest absolute Gasteiger partial charge is 0.506 e. The third-order valence-electron chi connectivity index (χ3n) is 2.95. The predicted octanol–water partition coefficient (Wildman–Crippen LogP) is 0.421. The molecule has 0 aliphatic carbocycles. The summed E-state index contributed by atoms with van der Waals surface area (Å²) in [6.07, 6.45) is 3.98. The van der Waals surface area contributed by atoms with Crippen molar-refractivity contribution in [1.82, 2.24) is 25.0 Å². The zero-order valence-corrected chi connectivity index (χ0v) is 11.0. The average Bonchev–Trinajstić information content (AvgIpc) is 3.01. The van der Waals surface area contributed by atoms with E-state index in [0.717, 1.165) is 6.20 Å². The first-order valence-electron chi connectivity index (χ1n) is 6.09. The molecule has 3 rings (SSSR count). The Bertz CT molecular complexity index is 901. The van der Waals surface area contributed by atoms with Gasteiger partial charge in [-0.05, 0) is 18.2 Å². The molecule has 0 atom stereocenters. The van der Waals surface area contributed by atoms with E-state index in [-0.39, 0.29) is 11.6 Å². The first-order valence-corrected chi connectivity index (χ1v) is 6.09. The molecule has 0 aliphatic rings. The minimum atomic E-state index is -1.35. The van der Waals surface area contributed by atoms with Crippen LogP contribution in [0.15, 0.2) is 41.6 Å². The third kappa shape index (κ3) is 2.30. The highest BCUT2D eigenvalue weighted by atomic mass is 16.4. The standard InChI is InChI=1S/C13H9N5O4/c19-10-2-1-7(5-9(10)18-4-3-15-17-18)11-14-6-8(13(21)22)12(20)16-11/h1-6,19H,(H,21,22)(H,14,16,20). The maximum Gasteiger partial charge on any atom is 0.342 e. The molecule has 0 bridgehead atoms. The number of aromatic amines is 1. The Hall–Kier alpha value is -3.49. The normalized spacial score (nSPS) is 10.5. The number of aromatic hydroxyl groups is 1. The first kappa shape index (κ1) is 13.5. The second-order valence-electron chi connectivity index (χ2n) is 4.33. The van der Waals surface area contributed by atoms with Gasteiger partial charge in [0.2, 0.25) is 0 Å². The summed E-state index contributed by atoms with van der Waals surface area (Å²) in [5, 5.41) is 26.1. The van der Waals surface area contributed by atoms with Gasteiger partial charge in [0.25, 0.3) is 5.56 Å². The molecule has 3 aromatic rings. The number of nitrogens with zero attached hydrogens (tertiary/aromatic N) is 4. The van der Waals surface area contributed by atoms with Crippen molar-refractivity contribution < 1.29 is 15.0 Å². The fourth-order valence-electron chi connectivity index (χ4n) is 1.88. The lowest BCUT2D eigenvalue weighted by Crippen LogP contribution is -2.18. The molecule has 0 unspecified atom stereocenters. The summed E-state index contributed by atoms with van der Waals surface area (Å²) in [5.41, 5.74) is -0.371. The number of carbonyl (C=O) groups is 1. The zero-order chi connectivity index (χ0) is 15.7. The van der Waals surface area contributed by atoms with E-state index in [1.54, 1.807) is 12.3 Å². The van der Waals surface area contributed by atoms with Crippen molar-refractivity contribution in [3.63, 3.8) is 0 Å². The van der Waals surface area contributed by atoms with Gasteiger partial charge in [-0.25, -0.2) is 14.5 Å². The van der Waals surface area contributed by atoms with Crippen LogP contribution >= 0.6 is 0 Å². The Balaban J connectivity index is 2.10. The van der Waals surface area contributed by atoms with Crippen molar-refractivity contribution in [1.29, 1.82) is 0 Å². The van der Waals surface area contributed by atoms with Gasteiger partial charge in [-0.1, -0.05) is 5.21 Å². The van der Waals surface area contributed by atoms with E-state index in [0.29, 0.717) is 11.3 Å². The van der Waals surface area contributed by atoms with Crippen LogP contribution in [0, 0.1) is 0 Å². The molecule has 0 aliphatic heterocycles. The third-order valence-corrected chi connectivity index (χ3v) is 2.95. The number of nitrogens with one attached hydrogen (secondary N) is 1. The second kappa shape index (κ2) is 5.13. The number of benzene rings is 1. The fourth-order valence-corrected chi connectivity index (χ4v) is 1.88. The van der Waals surface area contributed by atoms with E-state index in [2.05, 4.69) is 20.3 Å². The van der Waals surface area contributed by atoms with Crippen LogP contribution in [0.5, 0.6) is 5.75 Å². The highest BCUT2D eigenvalue weighted by Crippen LogP contribution is 2.25. The first-order chi connectivity index (χ1) is 10.6. The molecular formula is C13H9N5O4. The van der Waals surface area contributed by atoms with Gasteiger partial charge >= 0.3 is 5.97 Å². The van der Waals surface area contributed by atoms with Gasteiger partial charge in [0.1, 0.15) is 22.8 Å². The summed E-state index contributed by atoms with van der Waals surface area (Å²) < 4.78 is 1.35. The summed E-state index contributed by atoms with van der Waals surface area (Å²) in [4.78, 5) is 28.8. The molecule has 9 nitrogen and oxygen atoms in total. The lowest BCUT2D eigenvalue weighted by molar-refractivity contribution is 0.0694. The Morgan fingerprint density at radius 2 is 2.14 bits per heavy atom. The molecule has 0 spiro atoms. The van der Waals surface area contributed by atoms with Gasteiger partial charge in [0, 0.05) is 11.8 Å². The summed E-state index contributed by atoms with van der Waals surface area (Å²) in [7, 11) is 0. The van der Waals surface area contributed by atoms with Crippen LogP contribution in [0.25, 0.3) is 17.1 Å². The predicted molar refractivity (Wildman–Crippen MR) is 73.8 cm³/mol. The number of aromatic nitrogens is 5. The lowest BCUT2D eigenvalue weighted by atomic mass is 10.1. The molecule has 22 heavy (non-hydrogen) atoms. The van der Waals surface area contributed by atoms with Crippen molar-refractivity contribution >= 4 is 5.97 Å². The molecule has 0 fully saturated rings. The Kier molecular flexibility index (Phi) is 3.14. The molecule has 1 aromatic carbocycles. The average molecular weight is 299 g/mol. The van der Waals surface area contributed by atoms with E-state index in [1.807, 2.05) is 0 Å². The maximum absolute atomic E-state index is 11.7. The minimum Gasteiger partial charge on any atom is -0.506 e. The second-order valence-corrected chi connectivity index (χ2v) is 4.33. The van der Waals surface area contributed by atoms with Crippen LogP contribution < -0.4 is 5.56 Å². The summed E-state index contributed by atoms with van der Waals surface area (Å²) >= 11 is 0. The molecule has 3 N–H and O–H groups in total. The lowest BCUT2D eigenvalue weighted by Gasteiger charge is -2.07. The van der Waals surface area contributed by atoms with Gasteiger partial charge in [-0.3, -0.25) is 4.79 Å². The zero-order valence-electron chi connectivity index (χ0n) is 11.0. The van der Waals surface area contributed by atoms with E-state index in [4.69, 9.17) is 5.11 Å². The van der Waals surface area contributed by atoms with Crippen LogP contribution in [0.1, 0.15) is 10.4 Å². The summed E-state index contributed by atoms with van der Waals surface area (Å²) in [6, 6.07) is 4.49. The molecule has 9 heteroatoms. The minimum absolute atomic E-state index is 0.0289. The van der Waals surface area contributed by atoms with Crippen molar-refractivity contribution in [2.24, 2.45) is 0 Å². The molecule has 2 heterocycles. The van der Waals surface area contributed by atoms with Crippen molar-refractivity contribution in [2.45, 2.75) is 0 Å². The van der Waals surface area contributed by atoms with Gasteiger partial charge in [0.05, 0.1) is 12.4 Å². The van der Waals surface area contributed by atoms with Crippen molar-refractivity contribution in [2.75, 3.05) is 0 Å². The fraction of sp³-hybridized carbons (Fsp3) is 0. The molecule has 0 saturated heterocycles. The maximum atomic E-state index is 11.7. The highest BCUT2D eigenvalue weighted by Gasteiger charge is 2.12. The summed E-state index contributed by atoms with van der Waals surface area (Å²) in [5.74, 6) is -1.20. The van der Waals surface area contributed by atoms with E-state index in [1.165, 1.54) is 23.0 Å². The number of carboxylic acids is 1. The van der Waals surface area contributed by atoms with Gasteiger partial charge in [-0.15, -0.1) is 5.10 Å². The Morgan fingerprint density at radius 3 is 2.77 bits per heavy atom. The quantitative estimate of drug-likeness (QED) is 0.638. The number of carboxylic acid groups (broad SMARTS) is 1. The highest BCUT2D eigenvalue weighted by molar-refractivity contribution is 5.86. The number of hydrogen-bond donors (Lipinski definition) is 3. The summed E-state index contributed by atoms with van der Waals surface area (Å²) in [6.45, 7) is 0. The number of phenolic OH excluding ortho intramolecular Hbond substituents is 1. The van der Waals surface area contributed by atoms with Crippen molar-refractivity contribution in [3.8, 4) is 22.8 Å². The topological polar surface area (TPSA) is 134 Å². The molecular weight excluding hydrogens is 290 g/mol. The SMILES string of the molecule is O=C(O)c1cnc(-c2ccc(O)c(-n3ccnn3)c2)[nH]c1=O. The van der Waals surface area contributed by atoms with E-state index < -0.39 is 17.1 Å². The molecule has 0 saturated carbocycles. The van der Waals surface area contributed by atoms with Gasteiger partial charge in [0.15, 0.2) is 0 Å². The Morgan fingerprint density at radius 1 is 1.32 bits per heavy atom. The van der Waals surface area contributed by atoms with Crippen LogP contribution in [-0.4, -0.2) is 41.1 Å².